The smallest absolute Gasteiger partial charge is 0.287 e. The molecule has 0 aliphatic rings. The molecule has 0 heterocycles. The summed E-state index contributed by atoms with van der Waals surface area (Å²) >= 11 is 0. The predicted molar refractivity (Wildman–Crippen MR) is 57.3 cm³/mol. The van der Waals surface area contributed by atoms with E-state index < -0.39 is 44.0 Å². The fourth-order valence-corrected chi connectivity index (χ4v) is 3.54. The van der Waals surface area contributed by atoms with Gasteiger partial charge in [-0.15, -0.1) is 0 Å². The van der Waals surface area contributed by atoms with Gasteiger partial charge >= 0.3 is 33.4 Å². The maximum Gasteiger partial charge on any atom is 0.460 e. The van der Waals surface area contributed by atoms with E-state index in [2.05, 4.69) is 7.81 Å². The fourth-order valence-electron chi connectivity index (χ4n) is 0.804. The molecule has 0 aliphatic carbocycles. The zero-order valence-corrected chi connectivity index (χ0v) is 12.5. The summed E-state index contributed by atoms with van der Waals surface area (Å²) in [5, 5.41) is -6.87. The van der Waals surface area contributed by atoms with Gasteiger partial charge in [0.15, 0.2) is 0 Å². The molecule has 0 aromatic carbocycles. The van der Waals surface area contributed by atoms with E-state index in [1.807, 2.05) is 0 Å². The molecule has 0 aliphatic heterocycles. The third-order valence-electron chi connectivity index (χ3n) is 2.08. The van der Waals surface area contributed by atoms with Crippen LogP contribution in [0.4, 0.5) is 39.5 Å². The fraction of sp³-hybridized carbons (Fsp3) is 1.00. The molecule has 0 atom stereocenters. The summed E-state index contributed by atoms with van der Waals surface area (Å²) in [6, 6.07) is 0. The van der Waals surface area contributed by atoms with Crippen LogP contribution in [0.2, 0.25) is 0 Å². The molecule has 0 spiro atoms. The van der Waals surface area contributed by atoms with Gasteiger partial charge in [-0.1, -0.05) is 0 Å². The Morgan fingerprint density at radius 3 is 1.41 bits per heavy atom. The SMILES string of the molecule is COS(C)(C)OS(=O)(=O)C(F)(F)C(F)(F)C(F)(F)C(F)(F)F. The largest absolute Gasteiger partial charge is 0.460 e. The Balaban J connectivity index is 6.02. The molecular weight excluding hydrogens is 383 g/mol. The van der Waals surface area contributed by atoms with Gasteiger partial charge in [0, 0.05) is 12.5 Å². The zero-order valence-electron chi connectivity index (χ0n) is 10.9. The number of hydrogen-bond acceptors (Lipinski definition) is 4. The average Bonchev–Trinajstić information content (AvgIpc) is 2.25. The molecule has 0 bridgehead atoms. The lowest BCUT2D eigenvalue weighted by Crippen LogP contribution is -2.63. The Morgan fingerprint density at radius 2 is 1.14 bits per heavy atom. The molecule has 15 heteroatoms. The highest BCUT2D eigenvalue weighted by Crippen LogP contribution is 2.57. The molecule has 0 amide bonds. The first-order valence-electron chi connectivity index (χ1n) is 4.71. The summed E-state index contributed by atoms with van der Waals surface area (Å²) in [6.07, 6.45) is -5.74. The van der Waals surface area contributed by atoms with E-state index in [-0.39, 0.29) is 0 Å². The van der Waals surface area contributed by atoms with Crippen molar-refractivity contribution in [1.29, 1.82) is 0 Å². The normalized spacial score (nSPS) is 16.7. The van der Waals surface area contributed by atoms with Crippen LogP contribution in [0.3, 0.4) is 0 Å². The minimum Gasteiger partial charge on any atom is -0.287 e. The summed E-state index contributed by atoms with van der Waals surface area (Å²) in [5.41, 5.74) is 0. The summed E-state index contributed by atoms with van der Waals surface area (Å²) in [6.45, 7) is 0. The van der Waals surface area contributed by atoms with E-state index in [0.29, 0.717) is 19.6 Å². The molecule has 0 aromatic rings. The minimum absolute atomic E-state index is 0.695. The van der Waals surface area contributed by atoms with Crippen LogP contribution in [0.15, 0.2) is 0 Å². The van der Waals surface area contributed by atoms with E-state index >= 15 is 0 Å². The molecule has 0 saturated carbocycles. The van der Waals surface area contributed by atoms with E-state index in [0.717, 1.165) is 0 Å². The highest BCUT2D eigenvalue weighted by molar-refractivity contribution is 8.28. The van der Waals surface area contributed by atoms with Crippen LogP contribution >= 0.6 is 10.6 Å². The van der Waals surface area contributed by atoms with Crippen molar-refractivity contribution in [2.75, 3.05) is 19.6 Å². The lowest BCUT2D eigenvalue weighted by molar-refractivity contribution is -0.382. The topological polar surface area (TPSA) is 52.6 Å². The number of rotatable bonds is 6. The van der Waals surface area contributed by atoms with Crippen molar-refractivity contribution in [3.63, 3.8) is 0 Å². The Bertz CT molecular complexity index is 511. The average molecular weight is 392 g/mol. The van der Waals surface area contributed by atoms with Crippen LogP contribution in [0.25, 0.3) is 0 Å². The molecule has 0 rings (SSSR count). The summed E-state index contributed by atoms with van der Waals surface area (Å²) in [7, 11) is -9.60. The van der Waals surface area contributed by atoms with Crippen molar-refractivity contribution in [2.24, 2.45) is 0 Å². The molecule has 0 saturated heterocycles. The van der Waals surface area contributed by atoms with Crippen molar-refractivity contribution in [3.05, 3.63) is 0 Å². The maximum absolute atomic E-state index is 13.2. The molecule has 136 valence electrons. The Labute approximate surface area is 120 Å². The molecule has 0 radical (unpaired) electrons. The van der Waals surface area contributed by atoms with E-state index in [1.165, 1.54) is 0 Å². The third-order valence-corrected chi connectivity index (χ3v) is 5.80. The lowest BCUT2D eigenvalue weighted by Gasteiger charge is -2.36. The molecule has 4 nitrogen and oxygen atoms in total. The number of halogens is 9. The van der Waals surface area contributed by atoms with Crippen molar-refractivity contribution in [1.82, 2.24) is 0 Å². The molecule has 22 heavy (non-hydrogen) atoms. The van der Waals surface area contributed by atoms with Crippen LogP contribution in [0, 0.1) is 0 Å². The second kappa shape index (κ2) is 5.59. The van der Waals surface area contributed by atoms with Gasteiger partial charge in [0.25, 0.3) is 0 Å². The van der Waals surface area contributed by atoms with Crippen LogP contribution in [0.1, 0.15) is 0 Å². The van der Waals surface area contributed by atoms with Crippen LogP contribution in [-0.4, -0.2) is 51.3 Å². The van der Waals surface area contributed by atoms with Crippen LogP contribution in [0.5, 0.6) is 0 Å². The molecular formula is C7H9F9O4S2. The predicted octanol–water partition coefficient (Wildman–Crippen LogP) is 3.30. The van der Waals surface area contributed by atoms with E-state index in [9.17, 15) is 47.9 Å². The highest BCUT2D eigenvalue weighted by atomic mass is 32.3. The van der Waals surface area contributed by atoms with Crippen molar-refractivity contribution < 1.29 is 55.7 Å². The van der Waals surface area contributed by atoms with Crippen LogP contribution in [-0.2, 0) is 17.9 Å². The monoisotopic (exact) mass is 392 g/mol. The third kappa shape index (κ3) is 3.41. The molecule has 0 aromatic heterocycles. The second-order valence-corrected chi connectivity index (χ2v) is 8.58. The minimum atomic E-state index is -7.33. The van der Waals surface area contributed by atoms with Crippen LogP contribution < -0.4 is 0 Å². The van der Waals surface area contributed by atoms with Crippen molar-refractivity contribution in [2.45, 2.75) is 23.3 Å². The van der Waals surface area contributed by atoms with Gasteiger partial charge in [-0.25, -0.2) is 0 Å². The van der Waals surface area contributed by atoms with Crippen molar-refractivity contribution in [3.8, 4) is 0 Å². The van der Waals surface area contributed by atoms with Crippen molar-refractivity contribution >= 4 is 20.7 Å². The first-order valence-corrected chi connectivity index (χ1v) is 8.42. The quantitative estimate of drug-likeness (QED) is 0.651. The van der Waals surface area contributed by atoms with Gasteiger partial charge in [0.1, 0.15) is 0 Å². The first kappa shape index (κ1) is 21.6. The van der Waals surface area contributed by atoms with Gasteiger partial charge in [-0.3, -0.25) is 4.18 Å². The Hall–Kier alpha value is -0.410. The Morgan fingerprint density at radius 1 is 0.773 bits per heavy atom. The van der Waals surface area contributed by atoms with Gasteiger partial charge < -0.3 is 0 Å². The van der Waals surface area contributed by atoms with Gasteiger partial charge in [0.2, 0.25) is 0 Å². The number of alkyl halides is 9. The highest BCUT2D eigenvalue weighted by Gasteiger charge is 2.86. The van der Waals surface area contributed by atoms with E-state index in [4.69, 9.17) is 0 Å². The summed E-state index contributed by atoms with van der Waals surface area (Å²) < 4.78 is 143. The first-order chi connectivity index (χ1) is 9.27. The van der Waals surface area contributed by atoms with Gasteiger partial charge in [0.05, 0.1) is 7.11 Å². The second-order valence-electron chi connectivity index (χ2n) is 4.00. The number of hydrogen-bond donors (Lipinski definition) is 0. The zero-order chi connectivity index (χ0) is 18.4. The molecule has 0 N–H and O–H groups in total. The standard InChI is InChI=1S/C7H9F9O4S2/c1-19-21(2,3)20-22(17,18)7(15,16)5(10,11)4(8,9)6(12,13)14/h1-3H3. The van der Waals surface area contributed by atoms with E-state index in [1.54, 1.807) is 0 Å². The van der Waals surface area contributed by atoms with Gasteiger partial charge in [-0.05, 0) is 0 Å². The van der Waals surface area contributed by atoms with Gasteiger partial charge in [-0.2, -0.15) is 62.2 Å². The Kier molecular flexibility index (Phi) is 5.49. The summed E-state index contributed by atoms with van der Waals surface area (Å²) in [4.78, 5) is 0. The molecule has 0 fully saturated rings. The molecule has 0 unspecified atom stereocenters. The lowest BCUT2D eigenvalue weighted by atomic mass is 10.1. The summed E-state index contributed by atoms with van der Waals surface area (Å²) in [5.74, 6) is -14.6. The maximum atomic E-state index is 13.2.